The predicted molar refractivity (Wildman–Crippen MR) is 72.2 cm³/mol. The quantitative estimate of drug-likeness (QED) is 0.897. The molecule has 0 atom stereocenters. The van der Waals surface area contributed by atoms with Gasteiger partial charge in [-0.3, -0.25) is 4.79 Å². The Morgan fingerprint density at radius 2 is 1.90 bits per heavy atom. The predicted octanol–water partition coefficient (Wildman–Crippen LogP) is 1.86. The van der Waals surface area contributed by atoms with E-state index in [0.29, 0.717) is 23.4 Å². The highest BCUT2D eigenvalue weighted by atomic mass is 19.1. The summed E-state index contributed by atoms with van der Waals surface area (Å²) in [5.74, 6) is -1.52. The van der Waals surface area contributed by atoms with Gasteiger partial charge in [-0.1, -0.05) is 0 Å². The Balaban J connectivity index is 1.92. The van der Waals surface area contributed by atoms with Crippen LogP contribution in [0.5, 0.6) is 0 Å². The summed E-state index contributed by atoms with van der Waals surface area (Å²) >= 11 is 0. The molecule has 0 aliphatic rings. The van der Waals surface area contributed by atoms with Crippen LogP contribution in [0, 0.1) is 11.6 Å². The third-order valence-corrected chi connectivity index (χ3v) is 2.88. The van der Waals surface area contributed by atoms with Crippen LogP contribution in [0.15, 0.2) is 30.5 Å². The molecule has 2 rings (SSSR count). The van der Waals surface area contributed by atoms with Gasteiger partial charge in [0.2, 0.25) is 0 Å². The van der Waals surface area contributed by atoms with Gasteiger partial charge in [0.05, 0.1) is 5.69 Å². The number of nitrogens with two attached hydrogens (primary N) is 1. The number of carbonyl (C=O) groups excluding carboxylic acids is 1. The number of rotatable bonds is 4. The molecule has 0 bridgehead atoms. The number of benzene rings is 1. The molecule has 1 aromatic heterocycles. The maximum Gasteiger partial charge on any atom is 0.267 e. The Bertz CT molecular complexity index is 617. The minimum atomic E-state index is -0.624. The van der Waals surface area contributed by atoms with Crippen LogP contribution < -0.4 is 11.1 Å². The number of nitrogens with one attached hydrogen (secondary N) is 1. The van der Waals surface area contributed by atoms with Crippen molar-refractivity contribution in [2.75, 3.05) is 12.3 Å². The van der Waals surface area contributed by atoms with E-state index in [2.05, 4.69) is 5.32 Å². The summed E-state index contributed by atoms with van der Waals surface area (Å²) in [5, 5.41) is 2.68. The average Bonchev–Trinajstić information content (AvgIpc) is 2.67. The molecule has 4 nitrogen and oxygen atoms in total. The molecule has 1 amide bonds. The summed E-state index contributed by atoms with van der Waals surface area (Å²) in [6.07, 6.45) is 1.98. The average molecular weight is 279 g/mol. The van der Waals surface area contributed by atoms with Crippen molar-refractivity contribution in [2.45, 2.75) is 6.42 Å². The van der Waals surface area contributed by atoms with E-state index < -0.39 is 11.6 Å². The Hall–Kier alpha value is -2.37. The van der Waals surface area contributed by atoms with Crippen LogP contribution in [0.25, 0.3) is 0 Å². The molecule has 0 radical (unpaired) electrons. The molecule has 2 aromatic rings. The van der Waals surface area contributed by atoms with E-state index in [4.69, 9.17) is 5.73 Å². The van der Waals surface area contributed by atoms with Crippen LogP contribution in [-0.2, 0) is 13.5 Å². The molecule has 20 heavy (non-hydrogen) atoms. The van der Waals surface area contributed by atoms with Crippen molar-refractivity contribution in [1.29, 1.82) is 0 Å². The van der Waals surface area contributed by atoms with Gasteiger partial charge in [0.1, 0.15) is 17.3 Å². The van der Waals surface area contributed by atoms with Crippen LogP contribution in [0.2, 0.25) is 0 Å². The van der Waals surface area contributed by atoms with Gasteiger partial charge < -0.3 is 15.6 Å². The fraction of sp³-hybridized carbons (Fsp3) is 0.214. The van der Waals surface area contributed by atoms with Gasteiger partial charge in [0.25, 0.3) is 5.91 Å². The second kappa shape index (κ2) is 5.73. The number of hydrogen-bond acceptors (Lipinski definition) is 2. The van der Waals surface area contributed by atoms with Crippen molar-refractivity contribution >= 4 is 11.6 Å². The van der Waals surface area contributed by atoms with Crippen molar-refractivity contribution in [1.82, 2.24) is 9.88 Å². The van der Waals surface area contributed by atoms with Crippen LogP contribution in [0.4, 0.5) is 14.5 Å². The summed E-state index contributed by atoms with van der Waals surface area (Å²) in [4.78, 5) is 11.9. The summed E-state index contributed by atoms with van der Waals surface area (Å²) in [7, 11) is 1.72. The molecule has 0 spiro atoms. The Labute approximate surface area is 115 Å². The minimum Gasteiger partial charge on any atom is -0.397 e. The highest BCUT2D eigenvalue weighted by Gasteiger charge is 2.10. The van der Waals surface area contributed by atoms with Crippen molar-refractivity contribution in [3.63, 3.8) is 0 Å². The lowest BCUT2D eigenvalue weighted by Crippen LogP contribution is -2.27. The van der Waals surface area contributed by atoms with Crippen LogP contribution >= 0.6 is 0 Å². The van der Waals surface area contributed by atoms with Gasteiger partial charge in [-0.15, -0.1) is 0 Å². The van der Waals surface area contributed by atoms with Gasteiger partial charge in [-0.2, -0.15) is 0 Å². The Morgan fingerprint density at radius 3 is 2.45 bits per heavy atom. The first-order chi connectivity index (χ1) is 9.45. The highest BCUT2D eigenvalue weighted by molar-refractivity contribution is 5.93. The maximum atomic E-state index is 13.0. The van der Waals surface area contributed by atoms with E-state index in [1.165, 1.54) is 12.1 Å². The fourth-order valence-electron chi connectivity index (χ4n) is 1.98. The lowest BCUT2D eigenvalue weighted by atomic mass is 10.1. The number of aryl methyl sites for hydroxylation is 1. The third kappa shape index (κ3) is 3.34. The molecule has 0 unspecified atom stereocenters. The number of amides is 1. The molecule has 1 aromatic carbocycles. The van der Waals surface area contributed by atoms with Crippen molar-refractivity contribution in [3.05, 3.63) is 53.4 Å². The monoisotopic (exact) mass is 279 g/mol. The first-order valence-corrected chi connectivity index (χ1v) is 6.10. The zero-order chi connectivity index (χ0) is 14.7. The highest BCUT2D eigenvalue weighted by Crippen LogP contribution is 2.10. The summed E-state index contributed by atoms with van der Waals surface area (Å²) in [6, 6.07) is 4.87. The fourth-order valence-corrected chi connectivity index (χ4v) is 1.98. The standard InChI is InChI=1S/C14H15F2N3O/c1-19-8-12(17)7-13(19)14(20)18-3-2-9-4-10(15)6-11(16)5-9/h4-8H,2-3,17H2,1H3,(H,18,20). The topological polar surface area (TPSA) is 60.0 Å². The van der Waals surface area contributed by atoms with E-state index in [1.807, 2.05) is 0 Å². The first kappa shape index (κ1) is 14.0. The largest absolute Gasteiger partial charge is 0.397 e. The molecule has 0 saturated carbocycles. The smallest absolute Gasteiger partial charge is 0.267 e. The van der Waals surface area contributed by atoms with Crippen molar-refractivity contribution in [3.8, 4) is 0 Å². The Kier molecular flexibility index (Phi) is 4.02. The van der Waals surface area contributed by atoms with E-state index in [1.54, 1.807) is 23.9 Å². The second-order valence-electron chi connectivity index (χ2n) is 4.55. The molecule has 0 saturated heterocycles. The lowest BCUT2D eigenvalue weighted by molar-refractivity contribution is 0.0946. The zero-order valence-corrected chi connectivity index (χ0v) is 11.0. The van der Waals surface area contributed by atoms with Gasteiger partial charge >= 0.3 is 0 Å². The summed E-state index contributed by atoms with van der Waals surface area (Å²) < 4.78 is 27.6. The lowest BCUT2D eigenvalue weighted by Gasteiger charge is -2.06. The number of nitrogens with zero attached hydrogens (tertiary/aromatic N) is 1. The zero-order valence-electron chi connectivity index (χ0n) is 11.0. The van der Waals surface area contributed by atoms with E-state index in [-0.39, 0.29) is 12.5 Å². The van der Waals surface area contributed by atoms with Crippen molar-refractivity contribution in [2.24, 2.45) is 7.05 Å². The normalized spacial score (nSPS) is 10.6. The van der Waals surface area contributed by atoms with Gasteiger partial charge in [-0.05, 0) is 30.2 Å². The molecule has 1 heterocycles. The van der Waals surface area contributed by atoms with Gasteiger partial charge in [-0.25, -0.2) is 8.78 Å². The summed E-state index contributed by atoms with van der Waals surface area (Å²) in [5.41, 5.74) is 7.02. The molecule has 6 heteroatoms. The van der Waals surface area contributed by atoms with Crippen LogP contribution in [-0.4, -0.2) is 17.0 Å². The number of carbonyl (C=O) groups is 1. The van der Waals surface area contributed by atoms with E-state index in [0.717, 1.165) is 6.07 Å². The van der Waals surface area contributed by atoms with Gasteiger partial charge in [0, 0.05) is 25.9 Å². The van der Waals surface area contributed by atoms with Crippen molar-refractivity contribution < 1.29 is 13.6 Å². The minimum absolute atomic E-state index is 0.277. The molecule has 0 aliphatic heterocycles. The van der Waals surface area contributed by atoms with E-state index >= 15 is 0 Å². The van der Waals surface area contributed by atoms with Gasteiger partial charge in [0.15, 0.2) is 0 Å². The molecule has 106 valence electrons. The second-order valence-corrected chi connectivity index (χ2v) is 4.55. The number of nitrogen functional groups attached to an aromatic ring is 1. The third-order valence-electron chi connectivity index (χ3n) is 2.88. The number of halogens is 2. The number of anilines is 1. The number of aromatic nitrogens is 1. The number of hydrogen-bond donors (Lipinski definition) is 2. The summed E-state index contributed by atoms with van der Waals surface area (Å²) in [6.45, 7) is 0.285. The molecule has 0 aliphatic carbocycles. The first-order valence-electron chi connectivity index (χ1n) is 6.10. The molecule has 0 fully saturated rings. The molecule has 3 N–H and O–H groups in total. The molecular formula is C14H15F2N3O. The van der Waals surface area contributed by atoms with E-state index in [9.17, 15) is 13.6 Å². The van der Waals surface area contributed by atoms with Crippen LogP contribution in [0.3, 0.4) is 0 Å². The maximum absolute atomic E-state index is 13.0. The van der Waals surface area contributed by atoms with Crippen LogP contribution in [0.1, 0.15) is 16.1 Å². The SMILES string of the molecule is Cn1cc(N)cc1C(=O)NCCc1cc(F)cc(F)c1. The Morgan fingerprint density at radius 1 is 1.25 bits per heavy atom. The molecular weight excluding hydrogens is 264 g/mol.